The number of halogens is 2. The van der Waals surface area contributed by atoms with Crippen molar-refractivity contribution >= 4 is 38.4 Å². The Hall–Kier alpha value is 2.65. The van der Waals surface area contributed by atoms with E-state index in [9.17, 15) is 28.7 Å². The number of rotatable bonds is 4. The first kappa shape index (κ1) is 27.1. The van der Waals surface area contributed by atoms with Gasteiger partial charge < -0.3 is 28.7 Å². The molecule has 0 unspecified atom stereocenters. The topological polar surface area (TPSA) is 126 Å². The van der Waals surface area contributed by atoms with Crippen molar-refractivity contribution < 1.29 is 81.1 Å². The van der Waals surface area contributed by atoms with Gasteiger partial charge in [0.25, 0.3) is 0 Å². The fraction of sp³-hybridized carbons (Fsp3) is 1.00. The molecule has 0 spiro atoms. The molecule has 0 radical (unpaired) electrons. The molecule has 16 heavy (non-hydrogen) atoms. The van der Waals surface area contributed by atoms with Gasteiger partial charge in [0, 0.05) is 11.8 Å². The van der Waals surface area contributed by atoms with Gasteiger partial charge in [-0.1, -0.05) is 15.2 Å². The minimum absolute atomic E-state index is 0. The summed E-state index contributed by atoms with van der Waals surface area (Å²) in [5.74, 6) is -0.214. The summed E-state index contributed by atoms with van der Waals surface area (Å²) in [6.45, 7) is 0. The van der Waals surface area contributed by atoms with E-state index in [1.807, 2.05) is 0 Å². The van der Waals surface area contributed by atoms with Gasteiger partial charge in [0.1, 0.15) is 0 Å². The minimum atomic E-state index is -4.30. The Morgan fingerprint density at radius 1 is 0.750 bits per heavy atom. The third-order valence-electron chi connectivity index (χ3n) is 0.717. The standard InChI is InChI=1S/2C2H6ClO3P.2Zr/c2*3-1-2-7(4,5)6;;/h2*1-2H2,(H2,4,5,6);;/q;;2*+2/p-4. The summed E-state index contributed by atoms with van der Waals surface area (Å²) in [4.78, 5) is 38.5. The Balaban J connectivity index is -0.0000000800. The van der Waals surface area contributed by atoms with Gasteiger partial charge in [0.05, 0.1) is 0 Å². The molecule has 0 aromatic heterocycles. The molecule has 0 heterocycles. The summed E-state index contributed by atoms with van der Waals surface area (Å²) in [6.07, 6.45) is -0.900. The normalized spacial score (nSPS) is 10.4. The van der Waals surface area contributed by atoms with E-state index >= 15 is 0 Å². The summed E-state index contributed by atoms with van der Waals surface area (Å²) >= 11 is 9.83. The fourth-order valence-corrected chi connectivity index (χ4v) is 1.86. The molecule has 0 aromatic carbocycles. The van der Waals surface area contributed by atoms with E-state index in [4.69, 9.17) is 23.2 Å². The first-order valence-corrected chi connectivity index (χ1v) is 7.79. The van der Waals surface area contributed by atoms with Gasteiger partial charge in [0.2, 0.25) is 0 Å². The summed E-state index contributed by atoms with van der Waals surface area (Å²) < 4.78 is 19.2. The second-order valence-corrected chi connectivity index (χ2v) is 6.14. The van der Waals surface area contributed by atoms with Gasteiger partial charge in [-0.15, -0.1) is 23.2 Å². The smallest absolute Gasteiger partial charge is 0.811 e. The zero-order valence-corrected chi connectivity index (χ0v) is 16.1. The van der Waals surface area contributed by atoms with Crippen molar-refractivity contribution in [3.8, 4) is 0 Å². The summed E-state index contributed by atoms with van der Waals surface area (Å²) in [5, 5.41) is 0. The van der Waals surface area contributed by atoms with Crippen molar-refractivity contribution in [2.75, 3.05) is 24.1 Å². The van der Waals surface area contributed by atoms with Crippen LogP contribution in [0.5, 0.6) is 0 Å². The van der Waals surface area contributed by atoms with Crippen LogP contribution in [-0.4, -0.2) is 24.1 Å². The maximum absolute atomic E-state index is 9.62. The first-order valence-electron chi connectivity index (χ1n) is 3.26. The van der Waals surface area contributed by atoms with Gasteiger partial charge >= 0.3 is 52.4 Å². The molecular weight excluding hydrogens is 459 g/mol. The average Bonchev–Trinajstić information content (AvgIpc) is 1.81. The second kappa shape index (κ2) is 14.1. The molecule has 0 aromatic rings. The molecular formula is C4H8Cl2O6P2Zr2. The molecule has 0 amide bonds. The van der Waals surface area contributed by atoms with E-state index in [1.54, 1.807) is 0 Å². The van der Waals surface area contributed by atoms with E-state index in [0.717, 1.165) is 0 Å². The third kappa shape index (κ3) is 36.0. The Kier molecular flexibility index (Phi) is 23.8. The molecule has 0 N–H and O–H groups in total. The Labute approximate surface area is 142 Å². The Morgan fingerprint density at radius 3 is 0.938 bits per heavy atom. The van der Waals surface area contributed by atoms with E-state index in [1.165, 1.54) is 0 Å². The molecule has 0 atom stereocenters. The molecule has 0 bridgehead atoms. The molecule has 0 aliphatic rings. The van der Waals surface area contributed by atoms with Crippen molar-refractivity contribution in [3.05, 3.63) is 0 Å². The molecule has 92 valence electrons. The van der Waals surface area contributed by atoms with Crippen molar-refractivity contribution in [1.29, 1.82) is 0 Å². The van der Waals surface area contributed by atoms with Crippen LogP contribution in [0.3, 0.4) is 0 Å². The van der Waals surface area contributed by atoms with E-state index in [0.29, 0.717) is 0 Å². The molecule has 0 fully saturated rings. The SMILES string of the molecule is O=P([O-])([O-])CCCl.O=P([O-])([O-])CCCl.[Zr+2].[Zr+2]. The van der Waals surface area contributed by atoms with Gasteiger partial charge in [-0.25, -0.2) is 0 Å². The van der Waals surface area contributed by atoms with Crippen LogP contribution in [0, 0.1) is 0 Å². The Bertz CT molecular complexity index is 207. The van der Waals surface area contributed by atoms with Crippen LogP contribution in [0.1, 0.15) is 0 Å². The maximum Gasteiger partial charge on any atom is 2.00 e. The predicted molar refractivity (Wildman–Crippen MR) is 46.4 cm³/mol. The van der Waals surface area contributed by atoms with Crippen LogP contribution in [0.2, 0.25) is 0 Å². The van der Waals surface area contributed by atoms with Gasteiger partial charge in [-0.2, -0.15) is 0 Å². The van der Waals surface area contributed by atoms with Crippen molar-refractivity contribution in [3.63, 3.8) is 0 Å². The monoisotopic (exact) mass is 464 g/mol. The van der Waals surface area contributed by atoms with E-state index in [-0.39, 0.29) is 64.2 Å². The quantitative estimate of drug-likeness (QED) is 0.357. The van der Waals surface area contributed by atoms with E-state index in [2.05, 4.69) is 0 Å². The molecule has 0 saturated heterocycles. The van der Waals surface area contributed by atoms with Crippen LogP contribution in [0.15, 0.2) is 0 Å². The molecule has 0 aliphatic carbocycles. The molecule has 0 aliphatic heterocycles. The predicted octanol–water partition coefficient (Wildman–Crippen LogP) is -1.73. The summed E-state index contributed by atoms with van der Waals surface area (Å²) in [6, 6.07) is 0. The fourth-order valence-electron chi connectivity index (χ4n) is 0.207. The summed E-state index contributed by atoms with van der Waals surface area (Å²) in [7, 11) is -8.60. The number of hydrogen-bond acceptors (Lipinski definition) is 6. The van der Waals surface area contributed by atoms with Crippen LogP contribution >= 0.6 is 38.4 Å². The number of hydrogen-bond donors (Lipinski definition) is 0. The van der Waals surface area contributed by atoms with Crippen LogP contribution < -0.4 is 19.6 Å². The minimum Gasteiger partial charge on any atom is -0.811 e. The zero-order valence-electron chi connectivity index (χ0n) is 7.93. The van der Waals surface area contributed by atoms with Crippen molar-refractivity contribution in [1.82, 2.24) is 0 Å². The van der Waals surface area contributed by atoms with E-state index < -0.39 is 27.5 Å². The van der Waals surface area contributed by atoms with Crippen LogP contribution in [0.4, 0.5) is 0 Å². The molecule has 0 saturated carbocycles. The molecule has 0 rings (SSSR count). The maximum atomic E-state index is 9.62. The largest absolute Gasteiger partial charge is 2.00 e. The van der Waals surface area contributed by atoms with Crippen LogP contribution in [0.25, 0.3) is 0 Å². The molecule has 6 nitrogen and oxygen atoms in total. The van der Waals surface area contributed by atoms with Gasteiger partial charge in [-0.05, 0) is 12.3 Å². The first-order chi connectivity index (χ1) is 6.12. The number of alkyl halides is 2. The van der Waals surface area contributed by atoms with Crippen molar-refractivity contribution in [2.45, 2.75) is 0 Å². The molecule has 12 heteroatoms. The zero-order chi connectivity index (χ0) is 11.8. The van der Waals surface area contributed by atoms with Gasteiger partial charge in [0.15, 0.2) is 0 Å². The summed E-state index contributed by atoms with van der Waals surface area (Å²) in [5.41, 5.74) is 0. The van der Waals surface area contributed by atoms with Gasteiger partial charge in [-0.3, -0.25) is 0 Å². The third-order valence-corrected chi connectivity index (χ3v) is 3.16. The van der Waals surface area contributed by atoms with Crippen molar-refractivity contribution in [2.24, 2.45) is 0 Å². The average molecular weight is 467 g/mol. The second-order valence-electron chi connectivity index (χ2n) is 2.05. The Morgan fingerprint density at radius 2 is 0.938 bits per heavy atom. The van der Waals surface area contributed by atoms with Crippen LogP contribution in [-0.2, 0) is 61.5 Å².